The lowest BCUT2D eigenvalue weighted by Gasteiger charge is -2.10. The molecule has 0 aliphatic rings. The van der Waals surface area contributed by atoms with Gasteiger partial charge < -0.3 is 4.74 Å². The average molecular weight is 348 g/mol. The number of alkyl halides is 5. The molecule has 126 valence electrons. The Bertz CT molecular complexity index is 892. The molecular formula is C13H6F6N4O. The van der Waals surface area contributed by atoms with Crippen LogP contribution in [0.5, 0.6) is 11.6 Å². The van der Waals surface area contributed by atoms with Gasteiger partial charge in [0.2, 0.25) is 11.7 Å². The van der Waals surface area contributed by atoms with Crippen molar-refractivity contribution in [2.75, 3.05) is 0 Å². The standard InChI is InChI=1S/C13H6F6N4O/c14-8-2-1-6(5-7(8)13(17,18)19)24-10-4-3-9-20-21-12(11(15)16)23(9)22-10/h1-5,11H. The van der Waals surface area contributed by atoms with Gasteiger partial charge in [-0.3, -0.25) is 0 Å². The van der Waals surface area contributed by atoms with E-state index in [1.54, 1.807) is 0 Å². The lowest BCUT2D eigenvalue weighted by atomic mass is 10.2. The van der Waals surface area contributed by atoms with Gasteiger partial charge in [0.15, 0.2) is 5.65 Å². The first-order chi connectivity index (χ1) is 11.3. The highest BCUT2D eigenvalue weighted by Crippen LogP contribution is 2.34. The third kappa shape index (κ3) is 2.96. The van der Waals surface area contributed by atoms with Crippen molar-refractivity contribution in [3.8, 4) is 11.6 Å². The van der Waals surface area contributed by atoms with Crippen LogP contribution in [0, 0.1) is 5.82 Å². The Balaban J connectivity index is 1.97. The predicted octanol–water partition coefficient (Wildman–Crippen LogP) is 4.01. The molecule has 0 atom stereocenters. The number of halogens is 6. The highest BCUT2D eigenvalue weighted by Gasteiger charge is 2.34. The predicted molar refractivity (Wildman–Crippen MR) is 67.2 cm³/mol. The topological polar surface area (TPSA) is 52.3 Å². The van der Waals surface area contributed by atoms with Gasteiger partial charge in [0.05, 0.1) is 5.56 Å². The third-order valence-corrected chi connectivity index (χ3v) is 2.92. The molecule has 0 amide bonds. The van der Waals surface area contributed by atoms with Crippen LogP contribution in [0.3, 0.4) is 0 Å². The number of fused-ring (bicyclic) bond motifs is 1. The van der Waals surface area contributed by atoms with Gasteiger partial charge in [-0.2, -0.15) is 17.7 Å². The van der Waals surface area contributed by atoms with Crippen LogP contribution in [-0.2, 0) is 6.18 Å². The molecule has 1 aromatic carbocycles. The van der Waals surface area contributed by atoms with E-state index in [2.05, 4.69) is 15.3 Å². The van der Waals surface area contributed by atoms with E-state index in [1.807, 2.05) is 0 Å². The summed E-state index contributed by atoms with van der Waals surface area (Å²) in [5.41, 5.74) is -1.51. The number of hydrogen-bond donors (Lipinski definition) is 0. The second-order valence-electron chi connectivity index (χ2n) is 4.54. The first-order valence-corrected chi connectivity index (χ1v) is 6.31. The van der Waals surface area contributed by atoms with Gasteiger partial charge in [-0.15, -0.1) is 15.3 Å². The molecule has 0 radical (unpaired) electrons. The van der Waals surface area contributed by atoms with E-state index in [4.69, 9.17) is 4.74 Å². The Morgan fingerprint density at radius 1 is 1.04 bits per heavy atom. The minimum absolute atomic E-state index is 0.00716. The Morgan fingerprint density at radius 2 is 1.79 bits per heavy atom. The summed E-state index contributed by atoms with van der Waals surface area (Å²) in [5.74, 6) is -2.85. The molecule has 0 aliphatic carbocycles. The van der Waals surface area contributed by atoms with E-state index in [0.717, 1.165) is 6.07 Å². The maximum absolute atomic E-state index is 13.2. The molecule has 0 fully saturated rings. The van der Waals surface area contributed by atoms with Crippen molar-refractivity contribution in [2.24, 2.45) is 0 Å². The quantitative estimate of drug-likeness (QED) is 0.671. The molecule has 3 rings (SSSR count). The van der Waals surface area contributed by atoms with Crippen LogP contribution < -0.4 is 4.74 Å². The fourth-order valence-electron chi connectivity index (χ4n) is 1.89. The summed E-state index contributed by atoms with van der Waals surface area (Å²) in [6.07, 6.45) is -7.86. The van der Waals surface area contributed by atoms with E-state index >= 15 is 0 Å². The first-order valence-electron chi connectivity index (χ1n) is 6.31. The van der Waals surface area contributed by atoms with Crippen molar-refractivity contribution in [1.29, 1.82) is 0 Å². The van der Waals surface area contributed by atoms with Gasteiger partial charge in [0.25, 0.3) is 6.43 Å². The van der Waals surface area contributed by atoms with Gasteiger partial charge in [-0.05, 0) is 24.3 Å². The van der Waals surface area contributed by atoms with E-state index in [-0.39, 0.29) is 17.3 Å². The molecule has 2 heterocycles. The molecule has 0 bridgehead atoms. The summed E-state index contributed by atoms with van der Waals surface area (Å²) in [5, 5.41) is 10.4. The summed E-state index contributed by atoms with van der Waals surface area (Å²) in [6, 6.07) is 4.43. The van der Waals surface area contributed by atoms with E-state index < -0.39 is 29.8 Å². The zero-order chi connectivity index (χ0) is 17.5. The second-order valence-corrected chi connectivity index (χ2v) is 4.54. The summed E-state index contributed by atoms with van der Waals surface area (Å²) >= 11 is 0. The van der Waals surface area contributed by atoms with Crippen molar-refractivity contribution in [3.05, 3.63) is 47.5 Å². The van der Waals surface area contributed by atoms with Crippen molar-refractivity contribution < 1.29 is 31.1 Å². The summed E-state index contributed by atoms with van der Waals surface area (Å²) in [4.78, 5) is 0. The highest BCUT2D eigenvalue weighted by molar-refractivity contribution is 5.39. The lowest BCUT2D eigenvalue weighted by molar-refractivity contribution is -0.140. The lowest BCUT2D eigenvalue weighted by Crippen LogP contribution is -2.08. The molecule has 0 unspecified atom stereocenters. The molecule has 0 saturated heterocycles. The van der Waals surface area contributed by atoms with Crippen LogP contribution in [0.25, 0.3) is 5.65 Å². The molecule has 3 aromatic rings. The number of ether oxygens (including phenoxy) is 1. The fourth-order valence-corrected chi connectivity index (χ4v) is 1.89. The molecule has 0 saturated carbocycles. The monoisotopic (exact) mass is 348 g/mol. The Labute approximate surface area is 129 Å². The number of aromatic nitrogens is 4. The number of benzene rings is 1. The third-order valence-electron chi connectivity index (χ3n) is 2.92. The fraction of sp³-hybridized carbons (Fsp3) is 0.154. The largest absolute Gasteiger partial charge is 0.438 e. The van der Waals surface area contributed by atoms with Gasteiger partial charge in [0.1, 0.15) is 11.6 Å². The second kappa shape index (κ2) is 5.65. The summed E-state index contributed by atoms with van der Waals surface area (Å²) in [6.45, 7) is 0. The highest BCUT2D eigenvalue weighted by atomic mass is 19.4. The first kappa shape index (κ1) is 16.0. The zero-order valence-corrected chi connectivity index (χ0v) is 11.4. The van der Waals surface area contributed by atoms with Gasteiger partial charge in [-0.25, -0.2) is 13.2 Å². The molecule has 5 nitrogen and oxygen atoms in total. The minimum Gasteiger partial charge on any atom is -0.438 e. The van der Waals surface area contributed by atoms with Crippen LogP contribution in [0.4, 0.5) is 26.3 Å². The maximum Gasteiger partial charge on any atom is 0.419 e. The van der Waals surface area contributed by atoms with Crippen molar-refractivity contribution in [3.63, 3.8) is 0 Å². The Hall–Kier alpha value is -2.85. The normalized spacial score (nSPS) is 12.1. The van der Waals surface area contributed by atoms with Crippen LogP contribution in [0.1, 0.15) is 17.8 Å². The van der Waals surface area contributed by atoms with E-state index in [9.17, 15) is 26.3 Å². The Kier molecular flexibility index (Phi) is 3.78. The SMILES string of the molecule is Fc1ccc(Oc2ccc3nnc(C(F)F)n3n2)cc1C(F)(F)F. The Morgan fingerprint density at radius 3 is 2.46 bits per heavy atom. The van der Waals surface area contributed by atoms with Gasteiger partial charge in [-0.1, -0.05) is 0 Å². The summed E-state index contributed by atoms with van der Waals surface area (Å²) < 4.78 is 82.5. The zero-order valence-electron chi connectivity index (χ0n) is 11.4. The molecule has 0 N–H and O–H groups in total. The summed E-state index contributed by atoms with van der Waals surface area (Å²) in [7, 11) is 0. The maximum atomic E-state index is 13.2. The number of rotatable bonds is 3. The molecule has 0 spiro atoms. The number of hydrogen-bond acceptors (Lipinski definition) is 4. The van der Waals surface area contributed by atoms with Crippen molar-refractivity contribution in [2.45, 2.75) is 12.6 Å². The molecule has 11 heteroatoms. The van der Waals surface area contributed by atoms with Crippen LogP contribution in [0.15, 0.2) is 30.3 Å². The van der Waals surface area contributed by atoms with Crippen molar-refractivity contribution in [1.82, 2.24) is 19.8 Å². The van der Waals surface area contributed by atoms with Gasteiger partial charge in [0, 0.05) is 6.07 Å². The van der Waals surface area contributed by atoms with Crippen LogP contribution in [-0.4, -0.2) is 19.8 Å². The van der Waals surface area contributed by atoms with E-state index in [1.165, 1.54) is 12.1 Å². The molecule has 0 aliphatic heterocycles. The van der Waals surface area contributed by atoms with Crippen molar-refractivity contribution >= 4 is 5.65 Å². The van der Waals surface area contributed by atoms with Crippen LogP contribution in [0.2, 0.25) is 0 Å². The minimum atomic E-state index is -4.90. The molecular weight excluding hydrogens is 342 g/mol. The van der Waals surface area contributed by atoms with Crippen LogP contribution >= 0.6 is 0 Å². The van der Waals surface area contributed by atoms with E-state index in [0.29, 0.717) is 16.6 Å². The average Bonchev–Trinajstić information content (AvgIpc) is 2.91. The van der Waals surface area contributed by atoms with Gasteiger partial charge >= 0.3 is 6.18 Å². The molecule has 2 aromatic heterocycles. The smallest absolute Gasteiger partial charge is 0.419 e. The molecule has 24 heavy (non-hydrogen) atoms. The number of nitrogens with zero attached hydrogens (tertiary/aromatic N) is 4.